The maximum absolute atomic E-state index is 11.8. The van der Waals surface area contributed by atoms with Crippen LogP contribution in [0.15, 0.2) is 23.2 Å². The third kappa shape index (κ3) is 6.90. The number of thiazole rings is 1. The second-order valence-corrected chi connectivity index (χ2v) is 12.3. The Hall–Kier alpha value is -2.29. The number of anilines is 1. The molecule has 35 heavy (non-hydrogen) atoms. The summed E-state index contributed by atoms with van der Waals surface area (Å²) >= 11 is 2.93. The number of imide groups is 1. The number of amides is 2. The van der Waals surface area contributed by atoms with Gasteiger partial charge in [0.2, 0.25) is 0 Å². The van der Waals surface area contributed by atoms with Crippen LogP contribution in [-0.2, 0) is 24.0 Å². The summed E-state index contributed by atoms with van der Waals surface area (Å²) in [5, 5.41) is 14.5. The average Bonchev–Trinajstić information content (AvgIpc) is 3.55. The van der Waals surface area contributed by atoms with Gasteiger partial charge >= 0.3 is 11.9 Å². The predicted molar refractivity (Wildman–Crippen MR) is 140 cm³/mol. The van der Waals surface area contributed by atoms with E-state index in [0.29, 0.717) is 21.6 Å². The number of thioether (sulfide) groups is 1. The van der Waals surface area contributed by atoms with Gasteiger partial charge in [0.15, 0.2) is 6.04 Å². The third-order valence-corrected chi connectivity index (χ3v) is 9.61. The lowest BCUT2D eigenvalue weighted by atomic mass is 10.3. The van der Waals surface area contributed by atoms with E-state index in [0.717, 1.165) is 39.6 Å². The van der Waals surface area contributed by atoms with Crippen LogP contribution in [0.5, 0.6) is 0 Å². The number of hydrogen-bond acceptors (Lipinski definition) is 12. The van der Waals surface area contributed by atoms with Crippen molar-refractivity contribution in [2.75, 3.05) is 29.1 Å². The van der Waals surface area contributed by atoms with Crippen LogP contribution in [0, 0.1) is 0 Å². The van der Waals surface area contributed by atoms with Crippen LogP contribution in [0.3, 0.4) is 0 Å². The van der Waals surface area contributed by atoms with Gasteiger partial charge in [-0.2, -0.15) is 0 Å². The minimum atomic E-state index is -0.910. The van der Waals surface area contributed by atoms with Crippen molar-refractivity contribution in [3.63, 3.8) is 0 Å². The molecular formula is C21H22N4O6S4. The van der Waals surface area contributed by atoms with Gasteiger partial charge in [-0.05, 0) is 24.6 Å². The van der Waals surface area contributed by atoms with Crippen molar-refractivity contribution in [1.29, 1.82) is 0 Å². The second kappa shape index (κ2) is 12.1. The maximum Gasteiger partial charge on any atom is 0.334 e. The summed E-state index contributed by atoms with van der Waals surface area (Å²) in [6.45, 7) is 0.787. The van der Waals surface area contributed by atoms with E-state index in [9.17, 15) is 19.2 Å². The summed E-state index contributed by atoms with van der Waals surface area (Å²) in [5.41, 5.74) is 1.85. The van der Waals surface area contributed by atoms with E-state index in [1.165, 1.54) is 23.1 Å². The molecule has 1 saturated heterocycles. The van der Waals surface area contributed by atoms with Crippen molar-refractivity contribution >= 4 is 89.4 Å². The fraction of sp³-hybridized carbons (Fsp3) is 0.429. The largest absolute Gasteiger partial charge is 0.480 e. The Balaban J connectivity index is 1.12. The molecule has 2 N–H and O–H groups in total. The molecule has 186 valence electrons. The Bertz CT molecular complexity index is 1150. The zero-order valence-electron chi connectivity index (χ0n) is 18.4. The predicted octanol–water partition coefficient (Wildman–Crippen LogP) is 3.42. The number of nitrogens with one attached hydrogen (secondary N) is 1. The highest BCUT2D eigenvalue weighted by molar-refractivity contribution is 8.76. The van der Waals surface area contributed by atoms with Crippen molar-refractivity contribution in [1.82, 2.24) is 10.0 Å². The Labute approximate surface area is 217 Å². The normalized spacial score (nSPS) is 17.8. The van der Waals surface area contributed by atoms with Crippen LogP contribution < -0.4 is 5.32 Å². The number of hydroxylamine groups is 2. The summed E-state index contributed by atoms with van der Waals surface area (Å²) < 4.78 is 1.02. The molecule has 1 atom stereocenters. The monoisotopic (exact) mass is 554 g/mol. The highest BCUT2D eigenvalue weighted by atomic mass is 33.1. The molecule has 2 aliphatic rings. The van der Waals surface area contributed by atoms with Crippen LogP contribution in [0.1, 0.15) is 30.7 Å². The van der Waals surface area contributed by atoms with Gasteiger partial charge in [-0.25, -0.2) is 14.6 Å². The molecule has 3 heterocycles. The van der Waals surface area contributed by atoms with Crippen LogP contribution in [0.25, 0.3) is 10.2 Å². The average molecular weight is 555 g/mol. The number of carboxylic acid groups (broad SMARTS) is 1. The summed E-state index contributed by atoms with van der Waals surface area (Å²) in [4.78, 5) is 59.4. The van der Waals surface area contributed by atoms with Gasteiger partial charge in [-0.1, -0.05) is 21.6 Å². The van der Waals surface area contributed by atoms with E-state index >= 15 is 0 Å². The molecule has 0 spiro atoms. The van der Waals surface area contributed by atoms with E-state index in [4.69, 9.17) is 9.94 Å². The van der Waals surface area contributed by atoms with Gasteiger partial charge in [0.05, 0.1) is 16.6 Å². The molecule has 1 aromatic carbocycles. The molecule has 2 aromatic rings. The third-order valence-electron chi connectivity index (χ3n) is 4.91. The number of hydrogen-bond donors (Lipinski definition) is 2. The molecule has 0 aliphatic carbocycles. The molecule has 4 rings (SSSR count). The zero-order chi connectivity index (χ0) is 24.8. The number of carboxylic acids is 1. The Morgan fingerprint density at radius 2 is 1.97 bits per heavy atom. The van der Waals surface area contributed by atoms with Crippen LogP contribution in [0.2, 0.25) is 0 Å². The summed E-state index contributed by atoms with van der Waals surface area (Å²) in [6, 6.07) is 5.25. The van der Waals surface area contributed by atoms with Crippen LogP contribution in [-0.4, -0.2) is 73.8 Å². The maximum atomic E-state index is 11.8. The Morgan fingerprint density at radius 1 is 1.20 bits per heavy atom. The first-order valence-corrected chi connectivity index (χ1v) is 15.1. The Kier molecular flexibility index (Phi) is 8.92. The van der Waals surface area contributed by atoms with E-state index in [1.54, 1.807) is 21.6 Å². The van der Waals surface area contributed by atoms with Crippen LogP contribution in [0.4, 0.5) is 5.69 Å². The van der Waals surface area contributed by atoms with Crippen molar-refractivity contribution in [2.24, 2.45) is 4.99 Å². The number of nitrogens with zero attached hydrogens (tertiary/aromatic N) is 3. The van der Waals surface area contributed by atoms with E-state index in [2.05, 4.69) is 15.3 Å². The molecule has 14 heteroatoms. The number of carbonyl (C=O) groups is 4. The zero-order valence-corrected chi connectivity index (χ0v) is 21.7. The van der Waals surface area contributed by atoms with Gasteiger partial charge < -0.3 is 15.3 Å². The lowest BCUT2D eigenvalue weighted by molar-refractivity contribution is -0.197. The number of benzene rings is 1. The lowest BCUT2D eigenvalue weighted by Gasteiger charge is -2.12. The lowest BCUT2D eigenvalue weighted by Crippen LogP contribution is -2.32. The summed E-state index contributed by atoms with van der Waals surface area (Å²) in [7, 11) is 3.20. The topological polar surface area (TPSA) is 138 Å². The fourth-order valence-electron chi connectivity index (χ4n) is 3.16. The highest BCUT2D eigenvalue weighted by Gasteiger charge is 2.32. The molecule has 0 saturated carbocycles. The summed E-state index contributed by atoms with van der Waals surface area (Å²) in [6.07, 6.45) is 1.24. The molecular weight excluding hydrogens is 533 g/mol. The molecule has 1 aromatic heterocycles. The summed E-state index contributed by atoms with van der Waals surface area (Å²) in [5.74, 6) is -0.557. The molecule has 0 radical (unpaired) electrons. The highest BCUT2D eigenvalue weighted by Crippen LogP contribution is 2.31. The number of fused-ring (bicyclic) bond motifs is 1. The number of aromatic nitrogens is 1. The molecule has 1 unspecified atom stereocenters. The first-order valence-electron chi connectivity index (χ1n) is 10.8. The molecule has 1 fully saturated rings. The first kappa shape index (κ1) is 25.8. The van der Waals surface area contributed by atoms with Gasteiger partial charge in [-0.15, -0.1) is 28.2 Å². The Morgan fingerprint density at radius 3 is 2.71 bits per heavy atom. The minimum Gasteiger partial charge on any atom is -0.480 e. The number of aliphatic imine (C=N–C) groups is 1. The second-order valence-electron chi connectivity index (χ2n) is 7.52. The molecule has 0 bridgehead atoms. The molecule has 10 nitrogen and oxygen atoms in total. The molecule has 2 amide bonds. The molecule has 2 aliphatic heterocycles. The van der Waals surface area contributed by atoms with Gasteiger partial charge in [0.25, 0.3) is 11.8 Å². The first-order chi connectivity index (χ1) is 16.9. The standard InChI is InChI=1S/C21H22N4O6S4/c26-16-4-5-17(27)25(16)31-18(28)6-9-34-33-8-1-7-22-12-2-3-13-15(10-12)35-20(23-13)19-24-14(11-32-19)21(29)30/h2-3,10,14,22H,1,4-9,11H2,(H,29,30). The van der Waals surface area contributed by atoms with Crippen molar-refractivity contribution in [3.05, 3.63) is 23.2 Å². The van der Waals surface area contributed by atoms with Gasteiger partial charge in [0, 0.05) is 42.3 Å². The number of rotatable bonds is 12. The fourth-order valence-corrected chi connectivity index (χ4v) is 7.32. The van der Waals surface area contributed by atoms with Gasteiger partial charge in [-0.3, -0.25) is 14.6 Å². The van der Waals surface area contributed by atoms with Crippen molar-refractivity contribution in [2.45, 2.75) is 31.7 Å². The van der Waals surface area contributed by atoms with Crippen LogP contribution >= 0.6 is 44.7 Å². The van der Waals surface area contributed by atoms with Gasteiger partial charge in [0.1, 0.15) is 10.1 Å². The number of carbonyl (C=O) groups excluding carboxylic acids is 3. The minimum absolute atomic E-state index is 0.0910. The SMILES string of the molecule is O=C(CCSSCCCNc1ccc2nc(C3=NC(C(=O)O)CS3)sc2c1)ON1C(=O)CCC1=O. The van der Waals surface area contributed by atoms with E-state index in [1.807, 2.05) is 18.2 Å². The quantitative estimate of drug-likeness (QED) is 0.227. The van der Waals surface area contributed by atoms with Crippen molar-refractivity contribution < 1.29 is 29.1 Å². The van der Waals surface area contributed by atoms with E-state index in [-0.39, 0.29) is 19.3 Å². The van der Waals surface area contributed by atoms with Crippen molar-refractivity contribution in [3.8, 4) is 0 Å². The smallest absolute Gasteiger partial charge is 0.334 e. The number of aliphatic carboxylic acids is 1. The van der Waals surface area contributed by atoms with E-state index < -0.39 is 29.8 Å².